The highest BCUT2D eigenvalue weighted by atomic mass is 19.1. The van der Waals surface area contributed by atoms with Gasteiger partial charge in [-0.1, -0.05) is 6.92 Å². The van der Waals surface area contributed by atoms with E-state index in [0.717, 1.165) is 30.9 Å². The molecular weight excluding hydrogens is 243 g/mol. The summed E-state index contributed by atoms with van der Waals surface area (Å²) in [5.41, 5.74) is 2.13. The average molecular weight is 266 g/mol. The molecular formula is C15H23FN2O. The molecule has 0 amide bonds. The van der Waals surface area contributed by atoms with E-state index >= 15 is 0 Å². The fraction of sp³-hybridized carbons (Fsp3) is 0.600. The smallest absolute Gasteiger partial charge is 0.123 e. The Morgan fingerprint density at radius 1 is 1.32 bits per heavy atom. The lowest BCUT2D eigenvalue weighted by Crippen LogP contribution is -2.46. The van der Waals surface area contributed by atoms with Crippen molar-refractivity contribution in [2.24, 2.45) is 0 Å². The second kappa shape index (κ2) is 6.35. The second-order valence-electron chi connectivity index (χ2n) is 5.22. The number of ether oxygens (including phenoxy) is 1. The summed E-state index contributed by atoms with van der Waals surface area (Å²) in [6, 6.07) is 5.05. The number of benzene rings is 1. The van der Waals surface area contributed by atoms with Gasteiger partial charge in [-0.05, 0) is 44.2 Å². The monoisotopic (exact) mass is 266 g/mol. The SMILES string of the molecule is CCNCc1cc(F)ccc1N1C[C@@H](C)O[C@@H](C)C1. The molecule has 0 aliphatic carbocycles. The lowest BCUT2D eigenvalue weighted by molar-refractivity contribution is -0.00526. The zero-order valence-electron chi connectivity index (χ0n) is 11.9. The maximum atomic E-state index is 13.4. The zero-order valence-corrected chi connectivity index (χ0v) is 11.9. The Balaban J connectivity index is 2.22. The molecule has 1 aliphatic heterocycles. The van der Waals surface area contributed by atoms with E-state index in [1.54, 1.807) is 6.07 Å². The highest BCUT2D eigenvalue weighted by molar-refractivity contribution is 5.54. The minimum Gasteiger partial charge on any atom is -0.372 e. The first-order valence-corrected chi connectivity index (χ1v) is 6.99. The van der Waals surface area contributed by atoms with Crippen LogP contribution in [-0.4, -0.2) is 31.8 Å². The third kappa shape index (κ3) is 3.67. The molecule has 2 rings (SSSR count). The molecule has 1 aromatic rings. The summed E-state index contributed by atoms with van der Waals surface area (Å²) in [4.78, 5) is 2.30. The largest absolute Gasteiger partial charge is 0.372 e. The first-order chi connectivity index (χ1) is 9.10. The second-order valence-corrected chi connectivity index (χ2v) is 5.22. The number of rotatable bonds is 4. The minimum absolute atomic E-state index is 0.175. The van der Waals surface area contributed by atoms with Crippen LogP contribution < -0.4 is 10.2 Å². The molecule has 19 heavy (non-hydrogen) atoms. The summed E-state index contributed by atoms with van der Waals surface area (Å²) in [7, 11) is 0. The van der Waals surface area contributed by atoms with Crippen LogP contribution in [0.15, 0.2) is 18.2 Å². The van der Waals surface area contributed by atoms with Crippen LogP contribution in [0.2, 0.25) is 0 Å². The quantitative estimate of drug-likeness (QED) is 0.906. The van der Waals surface area contributed by atoms with Gasteiger partial charge < -0.3 is 15.0 Å². The summed E-state index contributed by atoms with van der Waals surface area (Å²) in [5, 5.41) is 3.27. The third-order valence-electron chi connectivity index (χ3n) is 3.37. The molecule has 106 valence electrons. The maximum absolute atomic E-state index is 13.4. The fourth-order valence-electron chi connectivity index (χ4n) is 2.64. The van der Waals surface area contributed by atoms with Gasteiger partial charge in [-0.15, -0.1) is 0 Å². The van der Waals surface area contributed by atoms with Crippen molar-refractivity contribution >= 4 is 5.69 Å². The van der Waals surface area contributed by atoms with E-state index in [4.69, 9.17) is 4.74 Å². The van der Waals surface area contributed by atoms with Crippen LogP contribution in [0.5, 0.6) is 0 Å². The number of hydrogen-bond donors (Lipinski definition) is 1. The molecule has 0 saturated carbocycles. The van der Waals surface area contributed by atoms with Gasteiger partial charge in [-0.2, -0.15) is 0 Å². The molecule has 4 heteroatoms. The Hall–Kier alpha value is -1.13. The van der Waals surface area contributed by atoms with E-state index in [2.05, 4.69) is 31.0 Å². The predicted molar refractivity (Wildman–Crippen MR) is 76.0 cm³/mol. The summed E-state index contributed by atoms with van der Waals surface area (Å²) >= 11 is 0. The lowest BCUT2D eigenvalue weighted by atomic mass is 10.1. The number of halogens is 1. The first-order valence-electron chi connectivity index (χ1n) is 6.99. The Labute approximate surface area is 114 Å². The van der Waals surface area contributed by atoms with E-state index in [1.165, 1.54) is 6.07 Å². The Kier molecular flexibility index (Phi) is 4.77. The lowest BCUT2D eigenvalue weighted by Gasteiger charge is -2.37. The Bertz CT molecular complexity index is 415. The molecule has 0 radical (unpaired) electrons. The van der Waals surface area contributed by atoms with Gasteiger partial charge in [0, 0.05) is 25.3 Å². The number of morpholine rings is 1. The topological polar surface area (TPSA) is 24.5 Å². The molecule has 3 nitrogen and oxygen atoms in total. The molecule has 1 fully saturated rings. The number of hydrogen-bond acceptors (Lipinski definition) is 3. The number of nitrogens with one attached hydrogen (secondary N) is 1. The highest BCUT2D eigenvalue weighted by Crippen LogP contribution is 2.25. The molecule has 0 aromatic heterocycles. The standard InChI is InChI=1S/C15H23FN2O/c1-4-17-8-13-7-14(16)5-6-15(13)18-9-11(2)19-12(3)10-18/h5-7,11-12,17H,4,8-10H2,1-3H3/t11-,12+. The zero-order chi connectivity index (χ0) is 13.8. The third-order valence-corrected chi connectivity index (χ3v) is 3.37. The van der Waals surface area contributed by atoms with Gasteiger partial charge in [0.25, 0.3) is 0 Å². The van der Waals surface area contributed by atoms with Crippen molar-refractivity contribution in [3.63, 3.8) is 0 Å². The van der Waals surface area contributed by atoms with Crippen LogP contribution in [0.25, 0.3) is 0 Å². The van der Waals surface area contributed by atoms with Crippen LogP contribution in [-0.2, 0) is 11.3 Å². The van der Waals surface area contributed by atoms with Crippen molar-refractivity contribution in [3.05, 3.63) is 29.6 Å². The van der Waals surface area contributed by atoms with E-state index in [0.29, 0.717) is 6.54 Å². The molecule has 1 aromatic carbocycles. The fourth-order valence-corrected chi connectivity index (χ4v) is 2.64. The summed E-state index contributed by atoms with van der Waals surface area (Å²) in [6.07, 6.45) is 0.418. The molecule has 0 unspecified atom stereocenters. The van der Waals surface area contributed by atoms with Crippen LogP contribution in [0.3, 0.4) is 0 Å². The summed E-state index contributed by atoms with van der Waals surface area (Å²) in [5.74, 6) is -0.175. The number of anilines is 1. The molecule has 2 atom stereocenters. The molecule has 1 aliphatic rings. The summed E-state index contributed by atoms with van der Waals surface area (Å²) in [6.45, 7) is 9.50. The van der Waals surface area contributed by atoms with Gasteiger partial charge in [0.05, 0.1) is 12.2 Å². The average Bonchev–Trinajstić information content (AvgIpc) is 2.35. The van der Waals surface area contributed by atoms with Gasteiger partial charge in [0.1, 0.15) is 5.82 Å². The molecule has 0 spiro atoms. The minimum atomic E-state index is -0.175. The van der Waals surface area contributed by atoms with Gasteiger partial charge in [-0.25, -0.2) is 4.39 Å². The van der Waals surface area contributed by atoms with Crippen molar-refractivity contribution in [2.75, 3.05) is 24.5 Å². The van der Waals surface area contributed by atoms with Gasteiger partial charge in [0.15, 0.2) is 0 Å². The summed E-state index contributed by atoms with van der Waals surface area (Å²) < 4.78 is 19.2. The van der Waals surface area contributed by atoms with E-state index in [-0.39, 0.29) is 18.0 Å². The highest BCUT2D eigenvalue weighted by Gasteiger charge is 2.23. The molecule has 1 saturated heterocycles. The van der Waals surface area contributed by atoms with Gasteiger partial charge >= 0.3 is 0 Å². The molecule has 1 N–H and O–H groups in total. The van der Waals surface area contributed by atoms with Crippen LogP contribution >= 0.6 is 0 Å². The first kappa shape index (κ1) is 14.3. The van der Waals surface area contributed by atoms with E-state index in [9.17, 15) is 4.39 Å². The van der Waals surface area contributed by atoms with Crippen LogP contribution in [0.4, 0.5) is 10.1 Å². The van der Waals surface area contributed by atoms with Crippen LogP contribution in [0, 0.1) is 5.82 Å². The van der Waals surface area contributed by atoms with Gasteiger partial charge in [0.2, 0.25) is 0 Å². The Morgan fingerprint density at radius 2 is 2.00 bits per heavy atom. The van der Waals surface area contributed by atoms with E-state index < -0.39 is 0 Å². The Morgan fingerprint density at radius 3 is 2.63 bits per heavy atom. The normalized spacial score (nSPS) is 23.7. The van der Waals surface area contributed by atoms with Crippen molar-refractivity contribution in [1.82, 2.24) is 5.32 Å². The van der Waals surface area contributed by atoms with Crippen molar-refractivity contribution in [3.8, 4) is 0 Å². The maximum Gasteiger partial charge on any atom is 0.123 e. The predicted octanol–water partition coefficient (Wildman–Crippen LogP) is 2.55. The van der Waals surface area contributed by atoms with Crippen LogP contribution in [0.1, 0.15) is 26.3 Å². The van der Waals surface area contributed by atoms with Crippen molar-refractivity contribution < 1.29 is 9.13 Å². The molecule has 1 heterocycles. The number of nitrogens with zero attached hydrogens (tertiary/aromatic N) is 1. The molecule has 0 bridgehead atoms. The van der Waals surface area contributed by atoms with Crippen molar-refractivity contribution in [1.29, 1.82) is 0 Å². The van der Waals surface area contributed by atoms with Crippen molar-refractivity contribution in [2.45, 2.75) is 39.5 Å². The van der Waals surface area contributed by atoms with Gasteiger partial charge in [-0.3, -0.25) is 0 Å². The van der Waals surface area contributed by atoms with E-state index in [1.807, 2.05) is 6.07 Å².